The molecule has 0 bridgehead atoms. The van der Waals surface area contributed by atoms with E-state index in [-0.39, 0.29) is 11.2 Å². The minimum atomic E-state index is -4.35. The Morgan fingerprint density at radius 3 is 2.55 bits per heavy atom. The van der Waals surface area contributed by atoms with Crippen LogP contribution in [-0.4, -0.2) is 10.2 Å². The van der Waals surface area contributed by atoms with Crippen LogP contribution < -0.4 is 0 Å². The van der Waals surface area contributed by atoms with E-state index in [9.17, 15) is 18.4 Å². The summed E-state index contributed by atoms with van der Waals surface area (Å²) < 4.78 is 37.4. The second kappa shape index (κ2) is 6.49. The summed E-state index contributed by atoms with van der Waals surface area (Å²) in [5, 5.41) is 9.87. The maximum atomic E-state index is 12.5. The van der Waals surface area contributed by atoms with Crippen molar-refractivity contribution in [3.05, 3.63) is 23.9 Å². The van der Waals surface area contributed by atoms with E-state index in [0.717, 1.165) is 44.4 Å². The molecule has 0 radical (unpaired) electrons. The van der Waals surface area contributed by atoms with Crippen molar-refractivity contribution in [2.24, 2.45) is 5.92 Å². The summed E-state index contributed by atoms with van der Waals surface area (Å²) in [6, 6.07) is 4.77. The Morgan fingerprint density at radius 1 is 1.20 bits per heavy atom. The van der Waals surface area contributed by atoms with E-state index in [1.807, 2.05) is 0 Å². The molecule has 1 saturated carbocycles. The zero-order chi connectivity index (χ0) is 14.6. The lowest BCUT2D eigenvalue weighted by Crippen LogP contribution is -2.14. The van der Waals surface area contributed by atoms with Gasteiger partial charge >= 0.3 is 6.18 Å². The Balaban J connectivity index is 2.07. The molecular weight excluding hydrogens is 285 g/mol. The molecule has 0 amide bonds. The SMILES string of the molecule is N#CC1CCCCCC1Sc1ccc(C(F)(F)F)cn1. The van der Waals surface area contributed by atoms with Crippen molar-refractivity contribution in [1.82, 2.24) is 4.98 Å². The first-order valence-electron chi connectivity index (χ1n) is 6.60. The number of thioether (sulfide) groups is 1. The summed E-state index contributed by atoms with van der Waals surface area (Å²) in [5.41, 5.74) is -0.737. The summed E-state index contributed by atoms with van der Waals surface area (Å²) in [7, 11) is 0. The van der Waals surface area contributed by atoms with E-state index < -0.39 is 11.7 Å². The number of hydrogen-bond acceptors (Lipinski definition) is 3. The summed E-state index contributed by atoms with van der Waals surface area (Å²) in [6.45, 7) is 0. The highest BCUT2D eigenvalue weighted by Gasteiger charge is 2.31. The van der Waals surface area contributed by atoms with Crippen LogP contribution in [0.1, 0.15) is 37.7 Å². The van der Waals surface area contributed by atoms with E-state index in [1.54, 1.807) is 0 Å². The molecule has 1 aliphatic rings. The molecule has 20 heavy (non-hydrogen) atoms. The van der Waals surface area contributed by atoms with Crippen molar-refractivity contribution >= 4 is 11.8 Å². The highest BCUT2D eigenvalue weighted by atomic mass is 32.2. The molecule has 2 unspecified atom stereocenters. The normalized spacial score (nSPS) is 23.9. The van der Waals surface area contributed by atoms with Gasteiger partial charge in [0.25, 0.3) is 0 Å². The van der Waals surface area contributed by atoms with Crippen LogP contribution in [0.4, 0.5) is 13.2 Å². The quantitative estimate of drug-likeness (QED) is 0.745. The predicted molar refractivity (Wildman–Crippen MR) is 71.1 cm³/mol. The number of hydrogen-bond donors (Lipinski definition) is 0. The second-order valence-electron chi connectivity index (χ2n) is 4.91. The van der Waals surface area contributed by atoms with E-state index in [2.05, 4.69) is 11.1 Å². The van der Waals surface area contributed by atoms with E-state index in [1.165, 1.54) is 17.8 Å². The molecule has 1 heterocycles. The number of nitriles is 1. The molecule has 1 fully saturated rings. The molecule has 108 valence electrons. The first-order chi connectivity index (χ1) is 9.50. The third kappa shape index (κ3) is 3.89. The van der Waals surface area contributed by atoms with Gasteiger partial charge < -0.3 is 0 Å². The molecule has 6 heteroatoms. The van der Waals surface area contributed by atoms with Crippen LogP contribution in [0.5, 0.6) is 0 Å². The van der Waals surface area contributed by atoms with E-state index in [0.29, 0.717) is 5.03 Å². The van der Waals surface area contributed by atoms with Crippen LogP contribution in [0, 0.1) is 17.2 Å². The van der Waals surface area contributed by atoms with Crippen molar-refractivity contribution in [2.45, 2.75) is 48.6 Å². The van der Waals surface area contributed by atoms with Gasteiger partial charge in [-0.3, -0.25) is 0 Å². The topological polar surface area (TPSA) is 36.7 Å². The van der Waals surface area contributed by atoms with Crippen molar-refractivity contribution in [3.8, 4) is 6.07 Å². The number of rotatable bonds is 2. The Kier molecular flexibility index (Phi) is 4.92. The Hall–Kier alpha value is -1.22. The average molecular weight is 300 g/mol. The van der Waals surface area contributed by atoms with Gasteiger partial charge in [-0.25, -0.2) is 4.98 Å². The van der Waals surface area contributed by atoms with Gasteiger partial charge in [0.2, 0.25) is 0 Å². The van der Waals surface area contributed by atoms with Gasteiger partial charge in [-0.1, -0.05) is 19.3 Å². The van der Waals surface area contributed by atoms with Crippen LogP contribution >= 0.6 is 11.8 Å². The molecular formula is C14H15F3N2S. The van der Waals surface area contributed by atoms with Crippen molar-refractivity contribution in [2.75, 3.05) is 0 Å². The lowest BCUT2D eigenvalue weighted by Gasteiger charge is -2.18. The summed E-state index contributed by atoms with van der Waals surface area (Å²) in [5.74, 6) is -0.0356. The molecule has 0 aliphatic heterocycles. The lowest BCUT2D eigenvalue weighted by atomic mass is 10.0. The fourth-order valence-electron chi connectivity index (χ4n) is 2.34. The van der Waals surface area contributed by atoms with Gasteiger partial charge in [-0.2, -0.15) is 18.4 Å². The third-order valence-electron chi connectivity index (χ3n) is 3.45. The van der Waals surface area contributed by atoms with E-state index in [4.69, 9.17) is 0 Å². The van der Waals surface area contributed by atoms with Gasteiger partial charge in [0.1, 0.15) is 0 Å². The fraction of sp³-hybridized carbons (Fsp3) is 0.571. The van der Waals surface area contributed by atoms with Crippen molar-refractivity contribution in [3.63, 3.8) is 0 Å². The number of aromatic nitrogens is 1. The fourth-order valence-corrected chi connectivity index (χ4v) is 3.55. The molecule has 0 spiro atoms. The maximum Gasteiger partial charge on any atom is 0.417 e. The smallest absolute Gasteiger partial charge is 0.249 e. The van der Waals surface area contributed by atoms with Crippen LogP contribution in [0.3, 0.4) is 0 Å². The highest BCUT2D eigenvalue weighted by molar-refractivity contribution is 7.99. The van der Waals surface area contributed by atoms with Gasteiger partial charge in [-0.15, -0.1) is 11.8 Å². The standard InChI is InChI=1S/C14H15F3N2S/c15-14(16,17)11-6-7-13(19-9-11)20-12-5-3-1-2-4-10(12)8-18/h6-7,9-10,12H,1-5H2. The molecule has 2 atom stereocenters. The minimum Gasteiger partial charge on any atom is -0.249 e. The molecule has 1 aromatic rings. The first-order valence-corrected chi connectivity index (χ1v) is 7.48. The summed E-state index contributed by atoms with van der Waals surface area (Å²) >= 11 is 1.43. The van der Waals surface area contributed by atoms with Gasteiger partial charge in [0, 0.05) is 11.4 Å². The predicted octanol–water partition coefficient (Wildman–Crippen LogP) is 4.66. The zero-order valence-electron chi connectivity index (χ0n) is 10.9. The Morgan fingerprint density at radius 2 is 1.95 bits per heavy atom. The first kappa shape index (κ1) is 15.2. The third-order valence-corrected chi connectivity index (χ3v) is 4.80. The van der Waals surface area contributed by atoms with E-state index >= 15 is 0 Å². The van der Waals surface area contributed by atoms with Gasteiger partial charge in [0.15, 0.2) is 0 Å². The molecule has 1 aromatic heterocycles. The number of halogens is 3. The van der Waals surface area contributed by atoms with Crippen molar-refractivity contribution in [1.29, 1.82) is 5.26 Å². The monoisotopic (exact) mass is 300 g/mol. The van der Waals surface area contributed by atoms with Crippen LogP contribution in [-0.2, 0) is 6.18 Å². The van der Waals surface area contributed by atoms with Gasteiger partial charge in [0.05, 0.1) is 22.6 Å². The summed E-state index contributed by atoms with van der Waals surface area (Å²) in [4.78, 5) is 3.87. The van der Waals surface area contributed by atoms with Crippen LogP contribution in [0.2, 0.25) is 0 Å². The minimum absolute atomic E-state index is 0.0356. The van der Waals surface area contributed by atoms with Crippen molar-refractivity contribution < 1.29 is 13.2 Å². The maximum absolute atomic E-state index is 12.5. The van der Waals surface area contributed by atoms with Gasteiger partial charge in [-0.05, 0) is 25.0 Å². The molecule has 2 rings (SSSR count). The Labute approximate surface area is 120 Å². The van der Waals surface area contributed by atoms with Crippen LogP contribution in [0.15, 0.2) is 23.4 Å². The largest absolute Gasteiger partial charge is 0.417 e. The number of pyridine rings is 1. The molecule has 1 aliphatic carbocycles. The second-order valence-corrected chi connectivity index (χ2v) is 6.17. The highest BCUT2D eigenvalue weighted by Crippen LogP contribution is 2.36. The zero-order valence-corrected chi connectivity index (χ0v) is 11.7. The molecule has 0 saturated heterocycles. The lowest BCUT2D eigenvalue weighted by molar-refractivity contribution is -0.137. The molecule has 0 N–H and O–H groups in total. The summed E-state index contributed by atoms with van der Waals surface area (Å²) in [6.07, 6.45) is 1.54. The molecule has 0 aromatic carbocycles. The number of alkyl halides is 3. The number of nitrogens with zero attached hydrogens (tertiary/aromatic N) is 2. The molecule has 2 nitrogen and oxygen atoms in total. The average Bonchev–Trinajstić information content (AvgIpc) is 2.63. The van der Waals surface area contributed by atoms with Crippen LogP contribution in [0.25, 0.3) is 0 Å². The Bertz CT molecular complexity index is 479.